The molecule has 0 aromatic heterocycles. The molecule has 20 heavy (non-hydrogen) atoms. The van der Waals surface area contributed by atoms with Crippen molar-refractivity contribution in [2.75, 3.05) is 26.2 Å². The average molecular weight is 282 g/mol. The maximum absolute atomic E-state index is 11.0. The minimum absolute atomic E-state index is 0.336. The van der Waals surface area contributed by atoms with Crippen LogP contribution in [0.2, 0.25) is 0 Å². The molecule has 1 N–H and O–H groups in total. The van der Waals surface area contributed by atoms with E-state index >= 15 is 0 Å². The van der Waals surface area contributed by atoms with E-state index in [-0.39, 0.29) is 6.04 Å². The predicted molar refractivity (Wildman–Crippen MR) is 80.9 cm³/mol. The number of hydrogen-bond acceptors (Lipinski definition) is 3. The minimum atomic E-state index is -0.696. The number of aliphatic carboxylic acids is 1. The summed E-state index contributed by atoms with van der Waals surface area (Å²) in [7, 11) is 0. The molecular formula is C16H30N2O2. The monoisotopic (exact) mass is 282 g/mol. The lowest BCUT2D eigenvalue weighted by molar-refractivity contribution is -0.143. The lowest BCUT2D eigenvalue weighted by atomic mass is 9.83. The fourth-order valence-electron chi connectivity index (χ4n) is 3.85. The van der Waals surface area contributed by atoms with Gasteiger partial charge in [-0.05, 0) is 38.5 Å². The summed E-state index contributed by atoms with van der Waals surface area (Å²) >= 11 is 0. The summed E-state index contributed by atoms with van der Waals surface area (Å²) in [4.78, 5) is 15.7. The van der Waals surface area contributed by atoms with Crippen molar-refractivity contribution in [3.05, 3.63) is 0 Å². The van der Waals surface area contributed by atoms with Gasteiger partial charge in [-0.1, -0.05) is 19.8 Å². The topological polar surface area (TPSA) is 43.8 Å². The molecule has 0 spiro atoms. The van der Waals surface area contributed by atoms with Crippen LogP contribution in [0.1, 0.15) is 52.4 Å². The van der Waals surface area contributed by atoms with Crippen LogP contribution in [-0.2, 0) is 4.79 Å². The van der Waals surface area contributed by atoms with E-state index in [2.05, 4.69) is 16.7 Å². The van der Waals surface area contributed by atoms with Crippen molar-refractivity contribution in [1.29, 1.82) is 0 Å². The van der Waals surface area contributed by atoms with E-state index < -0.39 is 5.97 Å². The number of rotatable bonds is 5. The zero-order valence-electron chi connectivity index (χ0n) is 13.1. The molecule has 0 bridgehead atoms. The van der Waals surface area contributed by atoms with Gasteiger partial charge in [0.15, 0.2) is 0 Å². The third-order valence-electron chi connectivity index (χ3n) is 5.28. The number of nitrogens with zero attached hydrogens (tertiary/aromatic N) is 2. The van der Waals surface area contributed by atoms with E-state index in [4.69, 9.17) is 5.11 Å². The summed E-state index contributed by atoms with van der Waals surface area (Å²) in [6, 6.07) is 0.419. The van der Waals surface area contributed by atoms with Crippen LogP contribution in [0, 0.1) is 5.92 Å². The van der Waals surface area contributed by atoms with Crippen molar-refractivity contribution in [3.8, 4) is 0 Å². The highest BCUT2D eigenvalue weighted by Crippen LogP contribution is 2.30. The Hall–Kier alpha value is -0.610. The highest BCUT2D eigenvalue weighted by Gasteiger charge is 2.30. The van der Waals surface area contributed by atoms with Crippen LogP contribution in [0.5, 0.6) is 0 Å². The van der Waals surface area contributed by atoms with Crippen LogP contribution in [0.25, 0.3) is 0 Å². The SMILES string of the molecule is CCCC1CCC(N2CCN(C(C)C(=O)O)CC2)CC1. The summed E-state index contributed by atoms with van der Waals surface area (Å²) < 4.78 is 0. The smallest absolute Gasteiger partial charge is 0.320 e. The molecule has 1 atom stereocenters. The molecule has 1 saturated carbocycles. The van der Waals surface area contributed by atoms with Crippen LogP contribution < -0.4 is 0 Å². The average Bonchev–Trinajstić information content (AvgIpc) is 2.48. The van der Waals surface area contributed by atoms with Crippen LogP contribution >= 0.6 is 0 Å². The Bertz CT molecular complexity index is 306. The van der Waals surface area contributed by atoms with E-state index in [1.54, 1.807) is 6.92 Å². The fourth-order valence-corrected chi connectivity index (χ4v) is 3.85. The van der Waals surface area contributed by atoms with E-state index in [0.717, 1.165) is 38.1 Å². The number of carboxylic acids is 1. The van der Waals surface area contributed by atoms with Gasteiger partial charge in [-0.25, -0.2) is 0 Å². The first-order chi connectivity index (χ1) is 9.61. The summed E-state index contributed by atoms with van der Waals surface area (Å²) in [5.74, 6) is 0.267. The molecule has 1 heterocycles. The molecule has 1 aliphatic heterocycles. The Morgan fingerprint density at radius 2 is 1.75 bits per heavy atom. The molecule has 1 unspecified atom stereocenters. The summed E-state index contributed by atoms with van der Waals surface area (Å²) in [6.07, 6.45) is 8.20. The van der Waals surface area contributed by atoms with E-state index in [1.165, 1.54) is 38.5 Å². The Balaban J connectivity index is 1.73. The molecule has 1 aliphatic carbocycles. The third-order valence-corrected chi connectivity index (χ3v) is 5.28. The van der Waals surface area contributed by atoms with Gasteiger partial charge < -0.3 is 5.11 Å². The minimum Gasteiger partial charge on any atom is -0.480 e. The zero-order chi connectivity index (χ0) is 14.5. The molecule has 4 nitrogen and oxygen atoms in total. The van der Waals surface area contributed by atoms with Gasteiger partial charge in [0.2, 0.25) is 0 Å². The maximum atomic E-state index is 11.0. The van der Waals surface area contributed by atoms with Crippen LogP contribution in [0.3, 0.4) is 0 Å². The fraction of sp³-hybridized carbons (Fsp3) is 0.938. The molecule has 2 aliphatic rings. The largest absolute Gasteiger partial charge is 0.480 e. The van der Waals surface area contributed by atoms with Gasteiger partial charge >= 0.3 is 5.97 Å². The van der Waals surface area contributed by atoms with Crippen molar-refractivity contribution in [2.45, 2.75) is 64.5 Å². The lowest BCUT2D eigenvalue weighted by Gasteiger charge is -2.42. The molecule has 4 heteroatoms. The van der Waals surface area contributed by atoms with E-state index in [0.29, 0.717) is 0 Å². The Kier molecular flexibility index (Phi) is 5.85. The first-order valence-electron chi connectivity index (χ1n) is 8.32. The quantitative estimate of drug-likeness (QED) is 0.841. The molecule has 1 saturated heterocycles. The summed E-state index contributed by atoms with van der Waals surface area (Å²) in [5, 5.41) is 9.07. The second-order valence-corrected chi connectivity index (χ2v) is 6.55. The second kappa shape index (κ2) is 7.41. The third kappa shape index (κ3) is 3.95. The van der Waals surface area contributed by atoms with Crippen molar-refractivity contribution in [2.24, 2.45) is 5.92 Å². The Morgan fingerprint density at radius 3 is 2.25 bits per heavy atom. The van der Waals surface area contributed by atoms with Crippen molar-refractivity contribution in [1.82, 2.24) is 9.80 Å². The number of hydrogen-bond donors (Lipinski definition) is 1. The standard InChI is InChI=1S/C16H30N2O2/c1-3-4-14-5-7-15(8-6-14)18-11-9-17(10-12-18)13(2)16(19)20/h13-15H,3-12H2,1-2H3,(H,19,20). The number of piperazine rings is 1. The van der Waals surface area contributed by atoms with Crippen LogP contribution in [0.4, 0.5) is 0 Å². The van der Waals surface area contributed by atoms with Gasteiger partial charge in [0.05, 0.1) is 0 Å². The highest BCUT2D eigenvalue weighted by atomic mass is 16.4. The van der Waals surface area contributed by atoms with Gasteiger partial charge in [0.25, 0.3) is 0 Å². The molecule has 0 radical (unpaired) electrons. The maximum Gasteiger partial charge on any atom is 0.320 e. The zero-order valence-corrected chi connectivity index (χ0v) is 13.1. The molecule has 0 aromatic rings. The van der Waals surface area contributed by atoms with Crippen molar-refractivity contribution in [3.63, 3.8) is 0 Å². The van der Waals surface area contributed by atoms with E-state index in [1.807, 2.05) is 0 Å². The lowest BCUT2D eigenvalue weighted by Crippen LogP contribution is -2.54. The molecule has 2 rings (SSSR count). The first-order valence-corrected chi connectivity index (χ1v) is 8.32. The van der Waals surface area contributed by atoms with Gasteiger partial charge in [0, 0.05) is 32.2 Å². The van der Waals surface area contributed by atoms with Crippen molar-refractivity contribution < 1.29 is 9.90 Å². The first kappa shape index (κ1) is 15.8. The van der Waals surface area contributed by atoms with Gasteiger partial charge in [-0.15, -0.1) is 0 Å². The second-order valence-electron chi connectivity index (χ2n) is 6.55. The molecule has 2 fully saturated rings. The van der Waals surface area contributed by atoms with Crippen LogP contribution in [0.15, 0.2) is 0 Å². The van der Waals surface area contributed by atoms with E-state index in [9.17, 15) is 4.79 Å². The highest BCUT2D eigenvalue weighted by molar-refractivity contribution is 5.72. The Morgan fingerprint density at radius 1 is 1.15 bits per heavy atom. The molecule has 0 aromatic carbocycles. The molecule has 0 amide bonds. The molecular weight excluding hydrogens is 252 g/mol. The molecule has 116 valence electrons. The van der Waals surface area contributed by atoms with Crippen molar-refractivity contribution >= 4 is 5.97 Å². The Labute approximate surface area is 123 Å². The predicted octanol–water partition coefficient (Wildman–Crippen LogP) is 2.44. The number of carbonyl (C=O) groups is 1. The summed E-state index contributed by atoms with van der Waals surface area (Å²) in [6.45, 7) is 7.98. The normalized spacial score (nSPS) is 31.1. The van der Waals surface area contributed by atoms with Gasteiger partial charge in [-0.2, -0.15) is 0 Å². The van der Waals surface area contributed by atoms with Gasteiger partial charge in [0.1, 0.15) is 6.04 Å². The van der Waals surface area contributed by atoms with Gasteiger partial charge in [-0.3, -0.25) is 14.6 Å². The van der Waals surface area contributed by atoms with Crippen LogP contribution in [-0.4, -0.2) is 59.1 Å². The summed E-state index contributed by atoms with van der Waals surface area (Å²) in [5.41, 5.74) is 0. The number of carboxylic acid groups (broad SMARTS) is 1.